The molecular weight excluding hydrogens is 514 g/mol. The smallest absolute Gasteiger partial charge is 0.224 e. The van der Waals surface area contributed by atoms with Gasteiger partial charge in [-0.25, -0.2) is 4.98 Å². The van der Waals surface area contributed by atoms with Crippen LogP contribution in [-0.4, -0.2) is 101 Å². The summed E-state index contributed by atoms with van der Waals surface area (Å²) in [5, 5.41) is 17.9. The van der Waals surface area contributed by atoms with Gasteiger partial charge in [0.05, 0.1) is 18.8 Å². The Kier molecular flexibility index (Phi) is 9.48. The van der Waals surface area contributed by atoms with Crippen molar-refractivity contribution < 1.29 is 9.84 Å². The van der Waals surface area contributed by atoms with Gasteiger partial charge in [0.2, 0.25) is 5.95 Å². The first-order chi connectivity index (χ1) is 20.2. The third-order valence-corrected chi connectivity index (χ3v) is 9.08. The zero-order chi connectivity index (χ0) is 28.0. The van der Waals surface area contributed by atoms with Gasteiger partial charge in [0, 0.05) is 81.7 Å². The number of hydrogen-bond acceptors (Lipinski definition) is 8. The molecule has 0 amide bonds. The summed E-state index contributed by atoms with van der Waals surface area (Å²) in [6, 6.07) is 9.43. The van der Waals surface area contributed by atoms with E-state index >= 15 is 0 Å². The molecule has 4 heterocycles. The average Bonchev–Trinajstić information content (AvgIpc) is 3.66. The van der Waals surface area contributed by atoms with Crippen molar-refractivity contribution in [3.8, 4) is 11.1 Å². The molecule has 1 unspecified atom stereocenters. The third kappa shape index (κ3) is 7.09. The number of nitrogens with zero attached hydrogens (tertiary/aromatic N) is 5. The average molecular weight is 562 g/mol. The molecule has 3 N–H and O–H groups in total. The number of piperazine rings is 1. The number of hydrogen-bond donors (Lipinski definition) is 3. The molecule has 6 rings (SSSR count). The Morgan fingerprint density at radius 3 is 2.54 bits per heavy atom. The lowest BCUT2D eigenvalue weighted by Gasteiger charge is -2.34. The summed E-state index contributed by atoms with van der Waals surface area (Å²) in [5.41, 5.74) is 4.73. The van der Waals surface area contributed by atoms with Crippen LogP contribution in [0.3, 0.4) is 0 Å². The normalized spacial score (nSPS) is 24.3. The molecule has 3 aliphatic rings. The minimum Gasteiger partial charge on any atom is -0.393 e. The second kappa shape index (κ2) is 13.6. The first-order valence-electron chi connectivity index (χ1n) is 15.8. The van der Waals surface area contributed by atoms with E-state index in [1.54, 1.807) is 0 Å². The minimum absolute atomic E-state index is 0.173. The van der Waals surface area contributed by atoms with Gasteiger partial charge in [-0.1, -0.05) is 31.2 Å². The summed E-state index contributed by atoms with van der Waals surface area (Å²) in [6.45, 7) is 12.4. The fourth-order valence-corrected chi connectivity index (χ4v) is 6.53. The van der Waals surface area contributed by atoms with Crippen LogP contribution in [0.4, 0.5) is 5.95 Å². The molecule has 1 aromatic carbocycles. The van der Waals surface area contributed by atoms with Gasteiger partial charge in [0.25, 0.3) is 0 Å². The zero-order valence-electron chi connectivity index (χ0n) is 24.6. The number of rotatable bonds is 11. The maximum atomic E-state index is 10.1. The number of aromatic nitrogens is 3. The van der Waals surface area contributed by atoms with Gasteiger partial charge < -0.3 is 25.0 Å². The third-order valence-electron chi connectivity index (χ3n) is 9.08. The highest BCUT2D eigenvalue weighted by atomic mass is 16.5. The highest BCUT2D eigenvalue weighted by Gasteiger charge is 2.25. The molecule has 2 aliphatic heterocycles. The summed E-state index contributed by atoms with van der Waals surface area (Å²) in [6.07, 6.45) is 10.3. The van der Waals surface area contributed by atoms with Crippen molar-refractivity contribution >= 4 is 17.0 Å². The molecule has 41 heavy (non-hydrogen) atoms. The molecule has 3 fully saturated rings. The lowest BCUT2D eigenvalue weighted by atomic mass is 9.93. The van der Waals surface area contributed by atoms with Crippen LogP contribution >= 0.6 is 0 Å². The first-order valence-corrected chi connectivity index (χ1v) is 15.8. The van der Waals surface area contributed by atoms with Crippen LogP contribution in [0.25, 0.3) is 22.2 Å². The summed E-state index contributed by atoms with van der Waals surface area (Å²) < 4.78 is 8.37. The minimum atomic E-state index is -0.173. The number of benzene rings is 1. The van der Waals surface area contributed by atoms with Crippen molar-refractivity contribution in [2.45, 2.75) is 70.2 Å². The van der Waals surface area contributed by atoms with E-state index in [4.69, 9.17) is 9.72 Å². The molecule has 9 heteroatoms. The number of fused-ring (bicyclic) bond motifs is 1. The molecule has 2 aromatic heterocycles. The van der Waals surface area contributed by atoms with Crippen molar-refractivity contribution in [3.63, 3.8) is 0 Å². The molecule has 0 radical (unpaired) electrons. The Hall–Kier alpha value is -2.56. The highest BCUT2D eigenvalue weighted by molar-refractivity contribution is 5.94. The molecule has 0 spiro atoms. The lowest BCUT2D eigenvalue weighted by Crippen LogP contribution is -2.47. The van der Waals surface area contributed by atoms with Crippen LogP contribution in [0.5, 0.6) is 0 Å². The quantitative estimate of drug-likeness (QED) is 0.325. The number of aliphatic hydroxyl groups is 1. The maximum absolute atomic E-state index is 10.1. The second-order valence-electron chi connectivity index (χ2n) is 12.1. The summed E-state index contributed by atoms with van der Waals surface area (Å²) >= 11 is 0. The van der Waals surface area contributed by atoms with Gasteiger partial charge in [0.1, 0.15) is 5.65 Å². The van der Waals surface area contributed by atoms with Crippen molar-refractivity contribution in [2.24, 2.45) is 0 Å². The summed E-state index contributed by atoms with van der Waals surface area (Å²) in [7, 11) is 0. The van der Waals surface area contributed by atoms with Crippen molar-refractivity contribution in [3.05, 3.63) is 42.2 Å². The van der Waals surface area contributed by atoms with E-state index in [0.29, 0.717) is 18.1 Å². The van der Waals surface area contributed by atoms with Crippen LogP contribution in [0.1, 0.15) is 57.1 Å². The van der Waals surface area contributed by atoms with Crippen LogP contribution in [-0.2, 0) is 11.3 Å². The molecule has 1 saturated carbocycles. The fourth-order valence-electron chi connectivity index (χ4n) is 6.53. The maximum Gasteiger partial charge on any atom is 0.224 e. The summed E-state index contributed by atoms with van der Waals surface area (Å²) in [4.78, 5) is 14.7. The zero-order valence-corrected chi connectivity index (χ0v) is 24.6. The van der Waals surface area contributed by atoms with Crippen molar-refractivity contribution in [1.29, 1.82) is 0 Å². The number of aliphatic hydroxyl groups excluding tert-OH is 1. The molecule has 0 bridgehead atoms. The van der Waals surface area contributed by atoms with Crippen LogP contribution in [0.2, 0.25) is 0 Å². The predicted molar refractivity (Wildman–Crippen MR) is 164 cm³/mol. The SMILES string of the molecule is CCCNc1ncc2c(-c3ccc(CN4CCN(CCOC5CCNC5)CC4)cc3)cn(C3CCC(O)CC3)c2n1. The van der Waals surface area contributed by atoms with Gasteiger partial charge in [-0.05, 0) is 56.2 Å². The second-order valence-corrected chi connectivity index (χ2v) is 12.1. The Morgan fingerprint density at radius 2 is 1.80 bits per heavy atom. The van der Waals surface area contributed by atoms with Crippen LogP contribution in [0, 0.1) is 0 Å². The van der Waals surface area contributed by atoms with E-state index in [1.165, 1.54) is 16.7 Å². The Balaban J connectivity index is 1.10. The highest BCUT2D eigenvalue weighted by Crippen LogP contribution is 2.36. The van der Waals surface area contributed by atoms with E-state index in [1.807, 2.05) is 6.20 Å². The predicted octanol–water partition coefficient (Wildman–Crippen LogP) is 3.89. The van der Waals surface area contributed by atoms with E-state index in [-0.39, 0.29) is 6.10 Å². The van der Waals surface area contributed by atoms with E-state index < -0.39 is 0 Å². The fraction of sp³-hybridized carbons (Fsp3) is 0.625. The molecule has 1 atom stereocenters. The van der Waals surface area contributed by atoms with Gasteiger partial charge in [-0.2, -0.15) is 4.98 Å². The number of anilines is 1. The summed E-state index contributed by atoms with van der Waals surface area (Å²) in [5.74, 6) is 0.690. The molecule has 1 aliphatic carbocycles. The lowest BCUT2D eigenvalue weighted by molar-refractivity contribution is 0.0362. The molecule has 222 valence electrons. The van der Waals surface area contributed by atoms with Crippen LogP contribution < -0.4 is 10.6 Å². The van der Waals surface area contributed by atoms with E-state index in [9.17, 15) is 5.11 Å². The molecule has 9 nitrogen and oxygen atoms in total. The Bertz CT molecular complexity index is 1240. The van der Waals surface area contributed by atoms with E-state index in [2.05, 4.69) is 67.4 Å². The largest absolute Gasteiger partial charge is 0.393 e. The molecule has 3 aromatic rings. The van der Waals surface area contributed by atoms with Crippen LogP contribution in [0.15, 0.2) is 36.7 Å². The monoisotopic (exact) mass is 561 g/mol. The Labute approximate surface area is 244 Å². The van der Waals surface area contributed by atoms with Gasteiger partial charge >= 0.3 is 0 Å². The molecular formula is C32H47N7O2. The topological polar surface area (TPSA) is 90.7 Å². The Morgan fingerprint density at radius 1 is 1.02 bits per heavy atom. The standard InChI is InChI=1S/C32H47N7O2/c1-2-12-34-32-35-21-29-30(23-39(31(29)36-32)26-7-9-27(40)10-8-26)25-5-3-24(4-6-25)22-38-16-14-37(15-17-38)18-19-41-28-11-13-33-20-28/h3-6,21,23,26-28,33,40H,2,7-20,22H2,1H3,(H,34,35,36). The van der Waals surface area contributed by atoms with Gasteiger partial charge in [-0.15, -0.1) is 0 Å². The van der Waals surface area contributed by atoms with E-state index in [0.717, 1.165) is 115 Å². The van der Waals surface area contributed by atoms with Gasteiger partial charge in [0.15, 0.2) is 0 Å². The number of ether oxygens (including phenoxy) is 1. The van der Waals surface area contributed by atoms with Crippen molar-refractivity contribution in [1.82, 2.24) is 29.7 Å². The molecule has 2 saturated heterocycles. The van der Waals surface area contributed by atoms with Gasteiger partial charge in [-0.3, -0.25) is 9.80 Å². The number of nitrogens with one attached hydrogen (secondary N) is 2. The van der Waals surface area contributed by atoms with Crippen molar-refractivity contribution in [2.75, 3.05) is 64.3 Å². The first kappa shape index (κ1) is 28.6.